The molecule has 1 fully saturated rings. The molecule has 0 saturated heterocycles. The summed E-state index contributed by atoms with van der Waals surface area (Å²) >= 11 is 0. The lowest BCUT2D eigenvalue weighted by atomic mass is 9.58. The second kappa shape index (κ2) is 9.47. The van der Waals surface area contributed by atoms with Crippen molar-refractivity contribution in [2.45, 2.75) is 84.0 Å². The van der Waals surface area contributed by atoms with Crippen LogP contribution in [0.2, 0.25) is 0 Å². The predicted molar refractivity (Wildman–Crippen MR) is 125 cm³/mol. The fourth-order valence-corrected chi connectivity index (χ4v) is 5.19. The van der Waals surface area contributed by atoms with Gasteiger partial charge in [-0.1, -0.05) is 13.8 Å². The van der Waals surface area contributed by atoms with Crippen LogP contribution in [-0.4, -0.2) is 40.1 Å². The first-order valence-corrected chi connectivity index (χ1v) is 11.6. The molecule has 2 N–H and O–H groups in total. The molecule has 3 rings (SSSR count). The summed E-state index contributed by atoms with van der Waals surface area (Å²) in [6, 6.07) is 8.36. The second-order valence-electron chi connectivity index (χ2n) is 10.5. The molecule has 2 aromatic rings. The second-order valence-corrected chi connectivity index (χ2v) is 10.5. The van der Waals surface area contributed by atoms with Crippen LogP contribution in [0.15, 0.2) is 39.5 Å². The van der Waals surface area contributed by atoms with Crippen LogP contribution in [0.25, 0.3) is 11.0 Å². The number of hydrogen-bond donors (Lipinski definition) is 2. The summed E-state index contributed by atoms with van der Waals surface area (Å²) in [5, 5.41) is 22.9. The predicted octanol–water partition coefficient (Wildman–Crippen LogP) is 4.21. The summed E-state index contributed by atoms with van der Waals surface area (Å²) < 4.78 is 16.5. The monoisotopic (exact) mass is 460 g/mol. The molecule has 0 radical (unpaired) electrons. The first-order chi connectivity index (χ1) is 15.3. The summed E-state index contributed by atoms with van der Waals surface area (Å²) in [4.78, 5) is 23.0. The third-order valence-corrected chi connectivity index (χ3v) is 7.18. The van der Waals surface area contributed by atoms with Crippen molar-refractivity contribution >= 4 is 16.9 Å². The van der Waals surface area contributed by atoms with E-state index in [0.29, 0.717) is 43.4 Å². The van der Waals surface area contributed by atoms with Crippen LogP contribution in [0, 0.1) is 11.3 Å². The molecule has 1 saturated carbocycles. The van der Waals surface area contributed by atoms with Gasteiger partial charge in [-0.3, -0.25) is 4.79 Å². The van der Waals surface area contributed by atoms with Crippen LogP contribution in [0.5, 0.6) is 5.75 Å². The number of carbonyl (C=O) groups excluding carboxylic acids is 1. The van der Waals surface area contributed by atoms with Gasteiger partial charge in [0.2, 0.25) is 0 Å². The lowest BCUT2D eigenvalue weighted by Crippen LogP contribution is -2.55. The Morgan fingerprint density at radius 2 is 1.91 bits per heavy atom. The number of fused-ring (bicyclic) bond motifs is 1. The van der Waals surface area contributed by atoms with Gasteiger partial charge in [0.25, 0.3) is 0 Å². The number of hydrogen-bond acceptors (Lipinski definition) is 7. The van der Waals surface area contributed by atoms with Crippen LogP contribution in [-0.2, 0) is 9.53 Å². The van der Waals surface area contributed by atoms with Crippen molar-refractivity contribution in [1.82, 2.24) is 0 Å². The Kier molecular flexibility index (Phi) is 7.24. The zero-order chi connectivity index (χ0) is 24.4. The van der Waals surface area contributed by atoms with Gasteiger partial charge in [-0.25, -0.2) is 4.79 Å². The van der Waals surface area contributed by atoms with Crippen LogP contribution >= 0.6 is 0 Å². The first-order valence-electron chi connectivity index (χ1n) is 11.6. The van der Waals surface area contributed by atoms with Gasteiger partial charge >= 0.3 is 11.6 Å². The van der Waals surface area contributed by atoms with Gasteiger partial charge in [-0.2, -0.15) is 0 Å². The molecule has 0 amide bonds. The average molecular weight is 461 g/mol. The third-order valence-electron chi connectivity index (χ3n) is 7.18. The molecule has 33 heavy (non-hydrogen) atoms. The summed E-state index contributed by atoms with van der Waals surface area (Å²) in [7, 11) is 0. The normalized spacial score (nSPS) is 26.5. The van der Waals surface area contributed by atoms with Crippen molar-refractivity contribution in [3.05, 3.63) is 40.8 Å². The number of carbonyl (C=O) groups is 1. The molecule has 0 aliphatic heterocycles. The molecule has 1 heterocycles. The van der Waals surface area contributed by atoms with Crippen LogP contribution in [0.3, 0.4) is 0 Å². The van der Waals surface area contributed by atoms with Gasteiger partial charge < -0.3 is 24.1 Å². The van der Waals surface area contributed by atoms with E-state index >= 15 is 0 Å². The highest BCUT2D eigenvalue weighted by atomic mass is 16.5. The zero-order valence-corrected chi connectivity index (χ0v) is 20.2. The number of ether oxygens (including phenoxy) is 2. The van der Waals surface area contributed by atoms with Crippen LogP contribution in [0.4, 0.5) is 0 Å². The molecule has 7 heteroatoms. The van der Waals surface area contributed by atoms with Gasteiger partial charge in [0.1, 0.15) is 17.4 Å². The van der Waals surface area contributed by atoms with Crippen molar-refractivity contribution in [1.29, 1.82) is 0 Å². The van der Waals surface area contributed by atoms with E-state index in [9.17, 15) is 19.8 Å². The Bertz CT molecular complexity index is 1030. The van der Waals surface area contributed by atoms with E-state index in [4.69, 9.17) is 13.9 Å². The molecule has 0 unspecified atom stereocenters. The highest BCUT2D eigenvalue weighted by Crippen LogP contribution is 2.50. The molecule has 1 aliphatic rings. The number of esters is 1. The van der Waals surface area contributed by atoms with Gasteiger partial charge in [-0.15, -0.1) is 0 Å². The summed E-state index contributed by atoms with van der Waals surface area (Å²) in [5.41, 5.74) is -2.28. The fraction of sp³-hybridized carbons (Fsp3) is 0.615. The van der Waals surface area contributed by atoms with Crippen LogP contribution < -0.4 is 10.4 Å². The van der Waals surface area contributed by atoms with E-state index in [1.165, 1.54) is 13.0 Å². The molecule has 0 bridgehead atoms. The summed E-state index contributed by atoms with van der Waals surface area (Å²) in [6.45, 7) is 9.34. The first kappa shape index (κ1) is 25.2. The summed E-state index contributed by atoms with van der Waals surface area (Å²) in [6.07, 6.45) is 2.36. The molecule has 1 aliphatic carbocycles. The van der Waals surface area contributed by atoms with E-state index in [1.54, 1.807) is 25.1 Å². The van der Waals surface area contributed by atoms with E-state index in [-0.39, 0.29) is 24.6 Å². The van der Waals surface area contributed by atoms with Crippen molar-refractivity contribution in [2.75, 3.05) is 6.61 Å². The van der Waals surface area contributed by atoms with Gasteiger partial charge in [0, 0.05) is 36.3 Å². The van der Waals surface area contributed by atoms with Crippen molar-refractivity contribution < 1.29 is 28.9 Å². The van der Waals surface area contributed by atoms with Crippen LogP contribution in [0.1, 0.15) is 66.7 Å². The topological polar surface area (TPSA) is 106 Å². The van der Waals surface area contributed by atoms with Gasteiger partial charge in [0.05, 0.1) is 17.8 Å². The number of aliphatic hydroxyl groups is 2. The maximum atomic E-state index is 11.5. The molecular weight excluding hydrogens is 424 g/mol. The quantitative estimate of drug-likeness (QED) is 0.449. The highest BCUT2D eigenvalue weighted by molar-refractivity contribution is 5.77. The van der Waals surface area contributed by atoms with Gasteiger partial charge in [0.15, 0.2) is 0 Å². The largest absolute Gasteiger partial charge is 0.493 e. The maximum absolute atomic E-state index is 11.5. The van der Waals surface area contributed by atoms with Crippen molar-refractivity contribution in [3.63, 3.8) is 0 Å². The minimum atomic E-state index is -0.996. The lowest BCUT2D eigenvalue weighted by Gasteiger charge is -2.52. The zero-order valence-electron chi connectivity index (χ0n) is 20.2. The SMILES string of the molecule is CC(=O)O[C@@H]1CC[C@](C)(O)[C@H](CC[C@@](C)(O)CCOc2ccc3ccc(=O)oc3c2)C1(C)C. The van der Waals surface area contributed by atoms with Crippen molar-refractivity contribution in [2.24, 2.45) is 11.3 Å². The molecular formula is C26H36O7. The smallest absolute Gasteiger partial charge is 0.336 e. The number of rotatable bonds is 8. The van der Waals surface area contributed by atoms with E-state index in [1.807, 2.05) is 26.8 Å². The molecule has 4 atom stereocenters. The number of benzene rings is 1. The third kappa shape index (κ3) is 6.15. The molecule has 0 spiro atoms. The molecule has 7 nitrogen and oxygen atoms in total. The minimum Gasteiger partial charge on any atom is -0.493 e. The summed E-state index contributed by atoms with van der Waals surface area (Å²) in [5.74, 6) is 0.109. The van der Waals surface area contributed by atoms with Gasteiger partial charge in [-0.05, 0) is 63.6 Å². The Morgan fingerprint density at radius 3 is 2.61 bits per heavy atom. The van der Waals surface area contributed by atoms with E-state index in [0.717, 1.165) is 5.39 Å². The molecule has 1 aromatic carbocycles. The van der Waals surface area contributed by atoms with E-state index in [2.05, 4.69) is 0 Å². The average Bonchev–Trinajstić information content (AvgIpc) is 2.69. The standard InChI is InChI=1S/C26H36O7/c1-17(27)32-22-11-13-26(5,30)21(24(22,2)3)10-12-25(4,29)14-15-31-19-8-6-18-7-9-23(28)33-20(18)16-19/h6-9,16,21-22,29-30H,10-15H2,1-5H3/t21-,22-,25-,26+/m1/s1. The Balaban J connectivity index is 1.59. The fourth-order valence-electron chi connectivity index (χ4n) is 5.19. The molecule has 1 aromatic heterocycles. The van der Waals surface area contributed by atoms with Crippen molar-refractivity contribution in [3.8, 4) is 5.75 Å². The minimum absolute atomic E-state index is 0.140. The molecule has 182 valence electrons. The lowest BCUT2D eigenvalue weighted by molar-refractivity contribution is -0.182. The Labute approximate surface area is 194 Å². The van der Waals surface area contributed by atoms with E-state index < -0.39 is 22.2 Å². The Hall–Kier alpha value is -2.38. The maximum Gasteiger partial charge on any atom is 0.336 e. The highest BCUT2D eigenvalue weighted by Gasteiger charge is 2.52. The Morgan fingerprint density at radius 1 is 1.21 bits per heavy atom.